The van der Waals surface area contributed by atoms with Crippen molar-refractivity contribution in [2.75, 3.05) is 31.1 Å². The highest BCUT2D eigenvalue weighted by atomic mass is 35.5. The number of anilines is 1. The van der Waals surface area contributed by atoms with Gasteiger partial charge in [-0.15, -0.1) is 0 Å². The van der Waals surface area contributed by atoms with Crippen LogP contribution in [0.1, 0.15) is 39.9 Å². The summed E-state index contributed by atoms with van der Waals surface area (Å²) in [4.78, 5) is 21.6. The second kappa shape index (κ2) is 9.51. The molecule has 7 heteroatoms. The smallest absolute Gasteiger partial charge is 0.258 e. The second-order valence-corrected chi connectivity index (χ2v) is 9.82. The molecular weight excluding hydrogens is 468 g/mol. The highest BCUT2D eigenvalue weighted by molar-refractivity contribution is 6.29. The number of hydrogen-bond acceptors (Lipinski definition) is 3. The first kappa shape index (κ1) is 23.6. The summed E-state index contributed by atoms with van der Waals surface area (Å²) < 4.78 is 27.0. The Hall–Kier alpha value is -3.09. The number of nitrogens with zero attached hydrogens (tertiary/aromatic N) is 3. The van der Waals surface area contributed by atoms with Crippen molar-refractivity contribution < 1.29 is 13.6 Å². The summed E-state index contributed by atoms with van der Waals surface area (Å²) in [6.07, 6.45) is 7.02. The number of pyridine rings is 1. The molecule has 0 aliphatic carbocycles. The molecule has 1 amide bonds. The molecule has 0 saturated carbocycles. The molecule has 0 bridgehead atoms. The first-order valence-electron chi connectivity index (χ1n) is 11.7. The molecule has 0 radical (unpaired) electrons. The van der Waals surface area contributed by atoms with Crippen LogP contribution < -0.4 is 4.90 Å². The van der Waals surface area contributed by atoms with Crippen LogP contribution in [-0.2, 0) is 5.41 Å². The molecule has 3 heterocycles. The lowest BCUT2D eigenvalue weighted by molar-refractivity contribution is 0.0977. The molecule has 1 spiro atoms. The van der Waals surface area contributed by atoms with Crippen molar-refractivity contribution in [1.82, 2.24) is 9.88 Å². The fourth-order valence-corrected chi connectivity index (χ4v) is 5.39. The molecule has 1 aromatic heterocycles. The van der Waals surface area contributed by atoms with Crippen LogP contribution in [0.15, 0.2) is 60.8 Å². The number of likely N-dealkylation sites (tertiary alicyclic amines) is 1. The molecule has 2 aromatic carbocycles. The van der Waals surface area contributed by atoms with Crippen LogP contribution >= 0.6 is 11.6 Å². The zero-order valence-corrected chi connectivity index (χ0v) is 20.2. The highest BCUT2D eigenvalue weighted by Crippen LogP contribution is 2.47. The van der Waals surface area contributed by atoms with E-state index in [2.05, 4.69) is 22.9 Å². The normalized spacial score (nSPS) is 17.3. The zero-order valence-electron chi connectivity index (χ0n) is 19.5. The minimum absolute atomic E-state index is 0.0667. The average molecular weight is 494 g/mol. The SMILES string of the molecule is Cc1ccc2c(c1)C1(CCN(CC=Cc3ccc(F)cc3F)CC1)CN2C(=O)c1ccnc(Cl)c1. The monoisotopic (exact) mass is 493 g/mol. The van der Waals surface area contributed by atoms with Crippen LogP contribution in [0.5, 0.6) is 0 Å². The molecule has 4 nitrogen and oxygen atoms in total. The number of halogens is 3. The number of piperidine rings is 1. The van der Waals surface area contributed by atoms with Crippen molar-refractivity contribution in [3.63, 3.8) is 0 Å². The van der Waals surface area contributed by atoms with E-state index in [4.69, 9.17) is 11.6 Å². The first-order chi connectivity index (χ1) is 16.8. The van der Waals surface area contributed by atoms with E-state index in [9.17, 15) is 13.6 Å². The molecule has 35 heavy (non-hydrogen) atoms. The van der Waals surface area contributed by atoms with Gasteiger partial charge < -0.3 is 4.90 Å². The standard InChI is InChI=1S/C28H26ClF2N3O/c1-19-4-7-25-23(15-19)28(18-34(25)27(35)21-8-11-32-26(29)16-21)9-13-33(14-10-28)12-2-3-20-5-6-22(30)17-24(20)31/h2-8,11,15-17H,9-10,12-14,18H2,1H3. The van der Waals surface area contributed by atoms with E-state index in [1.54, 1.807) is 24.4 Å². The predicted molar refractivity (Wildman–Crippen MR) is 135 cm³/mol. The van der Waals surface area contributed by atoms with Gasteiger partial charge in [0.15, 0.2) is 0 Å². The number of hydrogen-bond donors (Lipinski definition) is 0. The third kappa shape index (κ3) is 4.73. The lowest BCUT2D eigenvalue weighted by atomic mass is 9.74. The van der Waals surface area contributed by atoms with Crippen LogP contribution in [0, 0.1) is 18.6 Å². The van der Waals surface area contributed by atoms with Gasteiger partial charge in [0.1, 0.15) is 16.8 Å². The van der Waals surface area contributed by atoms with Crippen LogP contribution in [0.25, 0.3) is 6.08 Å². The third-order valence-electron chi connectivity index (χ3n) is 7.13. The largest absolute Gasteiger partial charge is 0.307 e. The van der Waals surface area contributed by atoms with Crippen LogP contribution in [0.2, 0.25) is 5.15 Å². The molecule has 0 atom stereocenters. The second-order valence-electron chi connectivity index (χ2n) is 9.43. The Balaban J connectivity index is 1.31. The van der Waals surface area contributed by atoms with Crippen LogP contribution in [0.4, 0.5) is 14.5 Å². The minimum atomic E-state index is -0.576. The van der Waals surface area contributed by atoms with Gasteiger partial charge in [0.25, 0.3) is 5.91 Å². The Morgan fingerprint density at radius 2 is 1.91 bits per heavy atom. The molecule has 3 aromatic rings. The number of fused-ring (bicyclic) bond motifs is 2. The van der Waals surface area contributed by atoms with E-state index in [-0.39, 0.29) is 11.3 Å². The van der Waals surface area contributed by atoms with E-state index in [0.29, 0.717) is 29.4 Å². The third-order valence-corrected chi connectivity index (χ3v) is 7.34. The summed E-state index contributed by atoms with van der Waals surface area (Å²) in [6.45, 7) is 5.13. The Morgan fingerprint density at radius 3 is 2.66 bits per heavy atom. The predicted octanol–water partition coefficient (Wildman–Crippen LogP) is 6.03. The first-order valence-corrected chi connectivity index (χ1v) is 12.1. The Bertz CT molecular complexity index is 1300. The number of amides is 1. The summed E-state index contributed by atoms with van der Waals surface area (Å²) >= 11 is 6.04. The van der Waals surface area contributed by atoms with Crippen LogP contribution in [-0.4, -0.2) is 42.0 Å². The van der Waals surface area contributed by atoms with E-state index >= 15 is 0 Å². The number of aryl methyl sites for hydroxylation is 1. The van der Waals surface area contributed by atoms with Gasteiger partial charge in [-0.1, -0.05) is 41.4 Å². The van der Waals surface area contributed by atoms with Gasteiger partial charge in [-0.25, -0.2) is 13.8 Å². The maximum Gasteiger partial charge on any atom is 0.258 e. The zero-order chi connectivity index (χ0) is 24.6. The van der Waals surface area contributed by atoms with Gasteiger partial charge in [0, 0.05) is 47.6 Å². The number of benzene rings is 2. The van der Waals surface area contributed by atoms with Crippen LogP contribution in [0.3, 0.4) is 0 Å². The molecular formula is C28H26ClF2N3O. The molecule has 0 unspecified atom stereocenters. The summed E-state index contributed by atoms with van der Waals surface area (Å²) in [7, 11) is 0. The van der Waals surface area contributed by atoms with Gasteiger partial charge >= 0.3 is 0 Å². The quantitative estimate of drug-likeness (QED) is 0.416. The van der Waals surface area contributed by atoms with Crippen molar-refractivity contribution in [3.05, 3.63) is 99.8 Å². The van der Waals surface area contributed by atoms with Gasteiger partial charge in [-0.3, -0.25) is 9.69 Å². The van der Waals surface area contributed by atoms with E-state index < -0.39 is 11.6 Å². The molecule has 1 saturated heterocycles. The van der Waals surface area contributed by atoms with Gasteiger partial charge in [0.05, 0.1) is 0 Å². The molecule has 2 aliphatic heterocycles. The lowest BCUT2D eigenvalue weighted by Gasteiger charge is -2.39. The van der Waals surface area contributed by atoms with Crippen molar-refractivity contribution in [2.45, 2.75) is 25.2 Å². The summed E-state index contributed by atoms with van der Waals surface area (Å²) in [5.74, 6) is -1.20. The Morgan fingerprint density at radius 1 is 1.11 bits per heavy atom. The molecule has 180 valence electrons. The lowest BCUT2D eigenvalue weighted by Crippen LogP contribution is -2.46. The van der Waals surface area contributed by atoms with E-state index in [1.807, 2.05) is 23.1 Å². The van der Waals surface area contributed by atoms with Gasteiger partial charge in [-0.05, 0) is 68.8 Å². The Labute approximate surface area is 208 Å². The Kier molecular flexibility index (Phi) is 6.43. The summed E-state index contributed by atoms with van der Waals surface area (Å²) in [5.41, 5.74) is 4.19. The summed E-state index contributed by atoms with van der Waals surface area (Å²) in [5, 5.41) is 0.302. The van der Waals surface area contributed by atoms with Gasteiger partial charge in [0.2, 0.25) is 0 Å². The topological polar surface area (TPSA) is 36.4 Å². The van der Waals surface area contributed by atoms with E-state index in [0.717, 1.165) is 37.7 Å². The molecule has 5 rings (SSSR count). The maximum absolute atomic E-state index is 13.9. The minimum Gasteiger partial charge on any atom is -0.307 e. The number of carbonyl (C=O) groups is 1. The van der Waals surface area contributed by atoms with Crippen molar-refractivity contribution >= 4 is 29.3 Å². The fraction of sp³-hybridized carbons (Fsp3) is 0.286. The highest BCUT2D eigenvalue weighted by Gasteiger charge is 2.46. The van der Waals surface area contributed by atoms with Gasteiger partial charge in [-0.2, -0.15) is 0 Å². The number of aromatic nitrogens is 1. The van der Waals surface area contributed by atoms with E-state index in [1.165, 1.54) is 23.3 Å². The molecule has 2 aliphatic rings. The van der Waals surface area contributed by atoms with Crippen molar-refractivity contribution in [3.8, 4) is 0 Å². The number of carbonyl (C=O) groups excluding carboxylic acids is 1. The number of rotatable bonds is 4. The summed E-state index contributed by atoms with van der Waals surface area (Å²) in [6, 6.07) is 13.2. The molecule has 1 fully saturated rings. The van der Waals surface area contributed by atoms with Crippen molar-refractivity contribution in [2.24, 2.45) is 0 Å². The molecule has 0 N–H and O–H groups in total. The maximum atomic E-state index is 13.9. The average Bonchev–Trinajstić information content (AvgIpc) is 3.14. The van der Waals surface area contributed by atoms with Crippen molar-refractivity contribution in [1.29, 1.82) is 0 Å². The fourth-order valence-electron chi connectivity index (χ4n) is 5.21.